The van der Waals surface area contributed by atoms with Crippen LogP contribution in [0, 0.1) is 5.92 Å². The van der Waals surface area contributed by atoms with E-state index in [0.29, 0.717) is 12.5 Å². The molecule has 1 fully saturated rings. The minimum Gasteiger partial charge on any atom is -0.493 e. The summed E-state index contributed by atoms with van der Waals surface area (Å²) in [4.78, 5) is 4.76. The SMILES string of the molecule is CCOc1cc(-c2c(CC)cccc2CC)ncc1C(O)C1CCCC1. The zero-order chi connectivity index (χ0) is 18.5. The van der Waals surface area contributed by atoms with Crippen LogP contribution in [0.5, 0.6) is 5.75 Å². The quantitative estimate of drug-likeness (QED) is 0.715. The lowest BCUT2D eigenvalue weighted by Crippen LogP contribution is -2.12. The summed E-state index contributed by atoms with van der Waals surface area (Å²) >= 11 is 0. The molecule has 140 valence electrons. The van der Waals surface area contributed by atoms with Gasteiger partial charge in [-0.15, -0.1) is 0 Å². The molecule has 1 aromatic carbocycles. The fraction of sp³-hybridized carbons (Fsp3) is 0.522. The van der Waals surface area contributed by atoms with Crippen molar-refractivity contribution < 1.29 is 9.84 Å². The van der Waals surface area contributed by atoms with Crippen molar-refractivity contribution in [2.75, 3.05) is 6.61 Å². The highest BCUT2D eigenvalue weighted by Gasteiger charge is 2.27. The van der Waals surface area contributed by atoms with Gasteiger partial charge in [-0.2, -0.15) is 0 Å². The molecule has 1 atom stereocenters. The molecule has 0 radical (unpaired) electrons. The number of aryl methyl sites for hydroxylation is 2. The molecule has 26 heavy (non-hydrogen) atoms. The van der Waals surface area contributed by atoms with Crippen LogP contribution in [0.15, 0.2) is 30.5 Å². The Morgan fingerprint density at radius 3 is 2.35 bits per heavy atom. The lowest BCUT2D eigenvalue weighted by molar-refractivity contribution is 0.107. The van der Waals surface area contributed by atoms with Crippen LogP contribution in [0.25, 0.3) is 11.3 Å². The Bertz CT molecular complexity index is 713. The third-order valence-electron chi connectivity index (χ3n) is 5.61. The summed E-state index contributed by atoms with van der Waals surface area (Å²) in [5, 5.41) is 10.9. The molecule has 0 bridgehead atoms. The number of hydrogen-bond acceptors (Lipinski definition) is 3. The van der Waals surface area contributed by atoms with E-state index in [1.807, 2.05) is 19.2 Å². The fourth-order valence-corrected chi connectivity index (χ4v) is 4.19. The Balaban J connectivity index is 2.04. The van der Waals surface area contributed by atoms with Crippen LogP contribution in [0.2, 0.25) is 0 Å². The van der Waals surface area contributed by atoms with E-state index in [1.165, 1.54) is 29.5 Å². The molecule has 2 aromatic rings. The first kappa shape index (κ1) is 18.9. The van der Waals surface area contributed by atoms with E-state index in [2.05, 4.69) is 32.0 Å². The van der Waals surface area contributed by atoms with Crippen molar-refractivity contribution in [3.63, 3.8) is 0 Å². The summed E-state index contributed by atoms with van der Waals surface area (Å²) < 4.78 is 5.93. The number of aliphatic hydroxyl groups is 1. The Hall–Kier alpha value is -1.87. The molecule has 1 heterocycles. The Morgan fingerprint density at radius 2 is 1.77 bits per heavy atom. The molecule has 1 unspecified atom stereocenters. The van der Waals surface area contributed by atoms with Crippen LogP contribution in [0.4, 0.5) is 0 Å². The zero-order valence-corrected chi connectivity index (χ0v) is 16.3. The minimum absolute atomic E-state index is 0.330. The molecule has 3 heteroatoms. The number of hydrogen-bond donors (Lipinski definition) is 1. The Labute approximate surface area is 157 Å². The van der Waals surface area contributed by atoms with Gasteiger partial charge in [0.25, 0.3) is 0 Å². The van der Waals surface area contributed by atoms with Gasteiger partial charge in [-0.1, -0.05) is 44.9 Å². The first-order valence-corrected chi connectivity index (χ1v) is 10.1. The first-order valence-electron chi connectivity index (χ1n) is 10.1. The van der Waals surface area contributed by atoms with E-state index in [4.69, 9.17) is 9.72 Å². The maximum atomic E-state index is 10.9. The number of pyridine rings is 1. The first-order chi connectivity index (χ1) is 12.7. The van der Waals surface area contributed by atoms with Crippen molar-refractivity contribution in [1.29, 1.82) is 0 Å². The second kappa shape index (κ2) is 8.68. The van der Waals surface area contributed by atoms with E-state index in [-0.39, 0.29) is 0 Å². The molecule has 0 spiro atoms. The molecular formula is C23H31NO2. The summed E-state index contributed by atoms with van der Waals surface area (Å²) in [5.41, 5.74) is 5.63. The topological polar surface area (TPSA) is 42.4 Å². The van der Waals surface area contributed by atoms with E-state index < -0.39 is 6.10 Å². The van der Waals surface area contributed by atoms with Crippen molar-refractivity contribution in [1.82, 2.24) is 4.98 Å². The molecule has 0 amide bonds. The van der Waals surface area contributed by atoms with Gasteiger partial charge in [0.2, 0.25) is 0 Å². The summed E-state index contributed by atoms with van der Waals surface area (Å²) in [7, 11) is 0. The van der Waals surface area contributed by atoms with Crippen LogP contribution in [0.3, 0.4) is 0 Å². The largest absolute Gasteiger partial charge is 0.493 e. The van der Waals surface area contributed by atoms with Gasteiger partial charge in [0, 0.05) is 23.4 Å². The lowest BCUT2D eigenvalue weighted by atomic mass is 9.92. The molecule has 1 aliphatic rings. The summed E-state index contributed by atoms with van der Waals surface area (Å²) in [6.45, 7) is 6.94. The average Bonchev–Trinajstić information content (AvgIpc) is 3.21. The fourth-order valence-electron chi connectivity index (χ4n) is 4.19. The van der Waals surface area contributed by atoms with Crippen molar-refractivity contribution in [2.24, 2.45) is 5.92 Å². The number of aromatic nitrogens is 1. The summed E-state index contributed by atoms with van der Waals surface area (Å²) in [6, 6.07) is 8.52. The van der Waals surface area contributed by atoms with Crippen molar-refractivity contribution in [2.45, 2.75) is 65.4 Å². The molecule has 1 aliphatic carbocycles. The molecule has 1 aromatic heterocycles. The molecule has 0 saturated heterocycles. The van der Waals surface area contributed by atoms with Crippen molar-refractivity contribution >= 4 is 0 Å². The molecular weight excluding hydrogens is 322 g/mol. The van der Waals surface area contributed by atoms with Gasteiger partial charge in [-0.05, 0) is 49.7 Å². The maximum absolute atomic E-state index is 10.9. The second-order valence-corrected chi connectivity index (χ2v) is 7.19. The number of benzene rings is 1. The van der Waals surface area contributed by atoms with Crippen LogP contribution < -0.4 is 4.74 Å². The molecule has 3 rings (SSSR count). The average molecular weight is 354 g/mol. The summed E-state index contributed by atoms with van der Waals surface area (Å²) in [6.07, 6.45) is 7.91. The van der Waals surface area contributed by atoms with Crippen LogP contribution >= 0.6 is 0 Å². The van der Waals surface area contributed by atoms with Gasteiger partial charge in [-0.3, -0.25) is 4.98 Å². The Kier molecular flexibility index (Phi) is 6.31. The third kappa shape index (κ3) is 3.78. The van der Waals surface area contributed by atoms with E-state index >= 15 is 0 Å². The van der Waals surface area contributed by atoms with Gasteiger partial charge in [0.1, 0.15) is 5.75 Å². The Morgan fingerprint density at radius 1 is 1.12 bits per heavy atom. The number of rotatable bonds is 7. The lowest BCUT2D eigenvalue weighted by Gasteiger charge is -2.22. The summed E-state index contributed by atoms with van der Waals surface area (Å²) in [5.74, 6) is 1.11. The predicted molar refractivity (Wildman–Crippen MR) is 107 cm³/mol. The predicted octanol–water partition coefficient (Wildman–Crippen LogP) is 5.50. The molecule has 1 saturated carbocycles. The van der Waals surface area contributed by atoms with Gasteiger partial charge in [-0.25, -0.2) is 0 Å². The molecule has 0 aliphatic heterocycles. The highest BCUT2D eigenvalue weighted by molar-refractivity contribution is 5.69. The third-order valence-corrected chi connectivity index (χ3v) is 5.61. The van der Waals surface area contributed by atoms with Crippen molar-refractivity contribution in [3.8, 4) is 17.0 Å². The number of nitrogens with zero attached hydrogens (tertiary/aromatic N) is 1. The zero-order valence-electron chi connectivity index (χ0n) is 16.3. The van der Waals surface area contributed by atoms with Crippen molar-refractivity contribution in [3.05, 3.63) is 47.2 Å². The molecule has 3 nitrogen and oxygen atoms in total. The van der Waals surface area contributed by atoms with E-state index in [0.717, 1.165) is 42.7 Å². The van der Waals surface area contributed by atoms with E-state index in [1.54, 1.807) is 0 Å². The minimum atomic E-state index is -0.479. The monoisotopic (exact) mass is 353 g/mol. The number of aliphatic hydroxyl groups excluding tert-OH is 1. The van der Waals surface area contributed by atoms with E-state index in [9.17, 15) is 5.11 Å². The maximum Gasteiger partial charge on any atom is 0.128 e. The highest BCUT2D eigenvalue weighted by atomic mass is 16.5. The van der Waals surface area contributed by atoms with Gasteiger partial charge in [0.05, 0.1) is 18.4 Å². The number of ether oxygens (including phenoxy) is 1. The van der Waals surface area contributed by atoms with Gasteiger partial charge in [0.15, 0.2) is 0 Å². The normalized spacial score (nSPS) is 16.0. The standard InChI is InChI=1S/C23H31NO2/c1-4-16-12-9-13-17(5-2)22(16)20-14-21(26-6-3)19(15-24-20)23(25)18-10-7-8-11-18/h9,12-15,18,23,25H,4-8,10-11H2,1-3H3. The van der Waals surface area contributed by atoms with Gasteiger partial charge < -0.3 is 9.84 Å². The molecule has 1 N–H and O–H groups in total. The van der Waals surface area contributed by atoms with Gasteiger partial charge >= 0.3 is 0 Å². The second-order valence-electron chi connectivity index (χ2n) is 7.19. The van der Waals surface area contributed by atoms with Crippen LogP contribution in [0.1, 0.15) is 69.2 Å². The smallest absolute Gasteiger partial charge is 0.128 e. The van der Waals surface area contributed by atoms with Crippen LogP contribution in [-0.2, 0) is 12.8 Å². The van der Waals surface area contributed by atoms with Crippen LogP contribution in [-0.4, -0.2) is 16.7 Å². The highest BCUT2D eigenvalue weighted by Crippen LogP contribution is 2.40.